The molecule has 0 bridgehead atoms. The van der Waals surface area contributed by atoms with Crippen molar-refractivity contribution in [1.29, 1.82) is 0 Å². The van der Waals surface area contributed by atoms with Crippen LogP contribution in [0, 0.1) is 5.82 Å². The van der Waals surface area contributed by atoms with Crippen molar-refractivity contribution >= 4 is 27.8 Å². The SMILES string of the molecule is CCNC1CCCCC1NC(=O)c1ccc(-c2c(F)cnc3[nH]c4cnc(-c5cnn(C)c5)cc4c23)cc1. The lowest BCUT2D eigenvalue weighted by atomic mass is 9.90. The van der Waals surface area contributed by atoms with E-state index >= 15 is 4.39 Å². The largest absolute Gasteiger partial charge is 0.348 e. The van der Waals surface area contributed by atoms with Crippen molar-refractivity contribution in [2.45, 2.75) is 44.7 Å². The zero-order valence-electron chi connectivity index (χ0n) is 21.5. The first-order chi connectivity index (χ1) is 18.5. The normalized spacial score (nSPS) is 17.8. The minimum absolute atomic E-state index is 0.106. The number of hydrogen-bond acceptors (Lipinski definition) is 5. The molecule has 4 heterocycles. The standard InChI is InChI=1S/C29H30FN7O/c1-3-31-22-6-4-5-7-23(22)36-29(38)18-10-8-17(9-11-18)26-21(30)14-33-28-27(26)20-12-24(32-15-25(20)35-28)19-13-34-37(2)16-19/h8-16,22-23,31H,3-7H2,1-2H3,(H,33,35)(H,36,38). The van der Waals surface area contributed by atoms with Gasteiger partial charge in [0, 0.05) is 52.8 Å². The minimum atomic E-state index is -0.425. The molecule has 0 aliphatic heterocycles. The van der Waals surface area contributed by atoms with E-state index in [9.17, 15) is 4.79 Å². The minimum Gasteiger partial charge on any atom is -0.348 e. The van der Waals surface area contributed by atoms with Gasteiger partial charge in [0.15, 0.2) is 0 Å². The number of carbonyl (C=O) groups is 1. The monoisotopic (exact) mass is 511 g/mol. The van der Waals surface area contributed by atoms with Gasteiger partial charge >= 0.3 is 0 Å². The van der Waals surface area contributed by atoms with E-state index in [1.807, 2.05) is 19.3 Å². The molecular formula is C29H30FN7O. The van der Waals surface area contributed by atoms with Gasteiger partial charge in [0.2, 0.25) is 0 Å². The van der Waals surface area contributed by atoms with Crippen LogP contribution in [-0.2, 0) is 7.05 Å². The number of rotatable bonds is 6. The van der Waals surface area contributed by atoms with Crippen LogP contribution in [0.1, 0.15) is 43.0 Å². The zero-order valence-corrected chi connectivity index (χ0v) is 21.5. The Morgan fingerprint density at radius 1 is 1.08 bits per heavy atom. The number of pyridine rings is 2. The Balaban J connectivity index is 1.35. The van der Waals surface area contributed by atoms with Crippen molar-refractivity contribution in [3.05, 3.63) is 66.5 Å². The molecule has 38 heavy (non-hydrogen) atoms. The van der Waals surface area contributed by atoms with Crippen LogP contribution < -0.4 is 10.6 Å². The number of halogens is 1. The van der Waals surface area contributed by atoms with E-state index in [2.05, 4.69) is 37.6 Å². The van der Waals surface area contributed by atoms with Gasteiger partial charge in [-0.1, -0.05) is 31.9 Å². The van der Waals surface area contributed by atoms with Gasteiger partial charge in [-0.3, -0.25) is 14.5 Å². The van der Waals surface area contributed by atoms with E-state index in [4.69, 9.17) is 0 Å². The number of amides is 1. The molecule has 0 radical (unpaired) electrons. The third-order valence-electron chi connectivity index (χ3n) is 7.44. The number of benzene rings is 1. The summed E-state index contributed by atoms with van der Waals surface area (Å²) in [6.07, 6.45) is 10.9. The number of aryl methyl sites for hydroxylation is 1. The molecule has 1 aromatic carbocycles. The molecule has 1 aliphatic rings. The van der Waals surface area contributed by atoms with Gasteiger partial charge in [0.25, 0.3) is 5.91 Å². The molecular weight excluding hydrogens is 481 g/mol. The maximum Gasteiger partial charge on any atom is 0.251 e. The number of H-pyrrole nitrogens is 1. The second-order valence-corrected chi connectivity index (χ2v) is 9.95. The number of fused-ring (bicyclic) bond motifs is 3. The molecule has 0 saturated heterocycles. The molecule has 8 nitrogen and oxygen atoms in total. The first kappa shape index (κ1) is 24.2. The summed E-state index contributed by atoms with van der Waals surface area (Å²) < 4.78 is 17.0. The van der Waals surface area contributed by atoms with Crippen LogP contribution in [0.15, 0.2) is 55.1 Å². The predicted octanol–water partition coefficient (Wildman–Crippen LogP) is 4.97. The van der Waals surface area contributed by atoms with E-state index in [0.29, 0.717) is 33.8 Å². The molecule has 2 unspecified atom stereocenters. The Labute approximate surface area is 219 Å². The fraction of sp³-hybridized carbons (Fsp3) is 0.310. The maximum absolute atomic E-state index is 15.3. The Morgan fingerprint density at radius 3 is 2.61 bits per heavy atom. The molecule has 2 atom stereocenters. The highest BCUT2D eigenvalue weighted by Gasteiger charge is 2.26. The molecule has 1 aliphatic carbocycles. The van der Waals surface area contributed by atoms with Crippen molar-refractivity contribution in [3.8, 4) is 22.4 Å². The van der Waals surface area contributed by atoms with E-state index < -0.39 is 5.82 Å². The third-order valence-corrected chi connectivity index (χ3v) is 7.44. The van der Waals surface area contributed by atoms with E-state index in [-0.39, 0.29) is 11.9 Å². The molecule has 4 aromatic heterocycles. The maximum atomic E-state index is 15.3. The molecule has 9 heteroatoms. The van der Waals surface area contributed by atoms with Gasteiger partial charge in [0.1, 0.15) is 11.5 Å². The average molecular weight is 512 g/mol. The molecule has 3 N–H and O–H groups in total. The van der Waals surface area contributed by atoms with Gasteiger partial charge in [-0.25, -0.2) is 9.37 Å². The van der Waals surface area contributed by atoms with Crippen molar-refractivity contribution in [1.82, 2.24) is 35.4 Å². The van der Waals surface area contributed by atoms with Crippen LogP contribution in [0.5, 0.6) is 0 Å². The van der Waals surface area contributed by atoms with Crippen LogP contribution in [-0.4, -0.2) is 49.3 Å². The topological polar surface area (TPSA) is 101 Å². The molecule has 6 rings (SSSR count). The van der Waals surface area contributed by atoms with Crippen molar-refractivity contribution < 1.29 is 9.18 Å². The Hall–Kier alpha value is -4.11. The number of hydrogen-bond donors (Lipinski definition) is 3. The fourth-order valence-electron chi connectivity index (χ4n) is 5.58. The van der Waals surface area contributed by atoms with E-state index in [0.717, 1.165) is 48.0 Å². The average Bonchev–Trinajstić information content (AvgIpc) is 3.53. The molecule has 0 spiro atoms. The van der Waals surface area contributed by atoms with E-state index in [1.54, 1.807) is 41.3 Å². The zero-order chi connectivity index (χ0) is 26.2. The lowest BCUT2D eigenvalue weighted by Gasteiger charge is -2.32. The lowest BCUT2D eigenvalue weighted by molar-refractivity contribution is 0.0915. The molecule has 1 saturated carbocycles. The van der Waals surface area contributed by atoms with Crippen LogP contribution >= 0.6 is 0 Å². The lowest BCUT2D eigenvalue weighted by Crippen LogP contribution is -2.51. The van der Waals surface area contributed by atoms with Gasteiger partial charge in [-0.15, -0.1) is 0 Å². The number of aromatic amines is 1. The van der Waals surface area contributed by atoms with Crippen molar-refractivity contribution in [3.63, 3.8) is 0 Å². The molecule has 5 aromatic rings. The second-order valence-electron chi connectivity index (χ2n) is 9.95. The van der Waals surface area contributed by atoms with Gasteiger partial charge in [-0.05, 0) is 43.1 Å². The summed E-state index contributed by atoms with van der Waals surface area (Å²) in [5, 5.41) is 12.4. The van der Waals surface area contributed by atoms with Crippen LogP contribution in [0.25, 0.3) is 44.3 Å². The number of nitrogens with one attached hydrogen (secondary N) is 3. The number of aromatic nitrogens is 5. The number of likely N-dealkylation sites (N-methyl/N-ethyl adjacent to an activating group) is 1. The Morgan fingerprint density at radius 2 is 1.87 bits per heavy atom. The summed E-state index contributed by atoms with van der Waals surface area (Å²) in [6, 6.07) is 9.47. The molecule has 194 valence electrons. The van der Waals surface area contributed by atoms with Gasteiger partial charge in [-0.2, -0.15) is 5.10 Å². The molecule has 1 fully saturated rings. The Bertz CT molecular complexity index is 1620. The Kier molecular flexibility index (Phi) is 6.37. The molecule has 1 amide bonds. The first-order valence-electron chi connectivity index (χ1n) is 13.1. The second kappa shape index (κ2) is 9.98. The van der Waals surface area contributed by atoms with E-state index in [1.165, 1.54) is 12.6 Å². The number of nitrogens with zero attached hydrogens (tertiary/aromatic N) is 4. The van der Waals surface area contributed by atoms with Crippen LogP contribution in [0.3, 0.4) is 0 Å². The first-order valence-corrected chi connectivity index (χ1v) is 13.1. The fourth-order valence-corrected chi connectivity index (χ4v) is 5.58. The summed E-state index contributed by atoms with van der Waals surface area (Å²) in [4.78, 5) is 25.2. The predicted molar refractivity (Wildman–Crippen MR) is 146 cm³/mol. The smallest absolute Gasteiger partial charge is 0.251 e. The van der Waals surface area contributed by atoms with Gasteiger partial charge < -0.3 is 15.6 Å². The van der Waals surface area contributed by atoms with Gasteiger partial charge in [0.05, 0.1) is 29.8 Å². The third kappa shape index (κ3) is 4.43. The summed E-state index contributed by atoms with van der Waals surface area (Å²) in [5.41, 5.74) is 4.64. The summed E-state index contributed by atoms with van der Waals surface area (Å²) in [6.45, 7) is 2.97. The highest BCUT2D eigenvalue weighted by molar-refractivity contribution is 6.13. The number of carbonyl (C=O) groups excluding carboxylic acids is 1. The highest BCUT2D eigenvalue weighted by Crippen LogP contribution is 2.36. The quantitative estimate of drug-likeness (QED) is 0.299. The summed E-state index contributed by atoms with van der Waals surface area (Å²) >= 11 is 0. The highest BCUT2D eigenvalue weighted by atomic mass is 19.1. The van der Waals surface area contributed by atoms with Crippen LogP contribution in [0.2, 0.25) is 0 Å². The van der Waals surface area contributed by atoms with Crippen molar-refractivity contribution in [2.24, 2.45) is 7.05 Å². The van der Waals surface area contributed by atoms with Crippen LogP contribution in [0.4, 0.5) is 4.39 Å². The van der Waals surface area contributed by atoms with Crippen molar-refractivity contribution in [2.75, 3.05) is 6.54 Å². The summed E-state index contributed by atoms with van der Waals surface area (Å²) in [5.74, 6) is -0.531. The summed E-state index contributed by atoms with van der Waals surface area (Å²) in [7, 11) is 1.85.